The first-order valence-corrected chi connectivity index (χ1v) is 6.03. The van der Waals surface area contributed by atoms with Crippen molar-refractivity contribution >= 4 is 0 Å². The summed E-state index contributed by atoms with van der Waals surface area (Å²) in [6.45, 7) is 3.99. The number of benzene rings is 1. The Morgan fingerprint density at radius 2 is 2.12 bits per heavy atom. The van der Waals surface area contributed by atoms with Crippen molar-refractivity contribution < 1.29 is 4.39 Å². The third kappa shape index (κ3) is 2.12. The van der Waals surface area contributed by atoms with Crippen LogP contribution in [0.3, 0.4) is 0 Å². The molecule has 1 aromatic rings. The van der Waals surface area contributed by atoms with Crippen molar-refractivity contribution in [3.8, 4) is 0 Å². The Balaban J connectivity index is 2.37. The monoisotopic (exact) mass is 221 g/mol. The summed E-state index contributed by atoms with van der Waals surface area (Å²) in [4.78, 5) is 0. The van der Waals surface area contributed by atoms with E-state index in [1.54, 1.807) is 0 Å². The predicted octanol–water partition coefficient (Wildman–Crippen LogP) is 3.37. The predicted molar refractivity (Wildman–Crippen MR) is 65.1 cm³/mol. The van der Waals surface area contributed by atoms with Gasteiger partial charge in [0.05, 0.1) is 0 Å². The Bertz CT molecular complexity index is 388. The first-order valence-electron chi connectivity index (χ1n) is 6.03. The molecule has 0 bridgehead atoms. The molecule has 2 heteroatoms. The van der Waals surface area contributed by atoms with E-state index >= 15 is 0 Å². The van der Waals surface area contributed by atoms with E-state index < -0.39 is 5.67 Å². The number of rotatable bonds is 1. The van der Waals surface area contributed by atoms with Gasteiger partial charge >= 0.3 is 0 Å². The zero-order valence-corrected chi connectivity index (χ0v) is 10.1. The zero-order valence-electron chi connectivity index (χ0n) is 10.1. The van der Waals surface area contributed by atoms with E-state index in [4.69, 9.17) is 5.73 Å². The zero-order chi connectivity index (χ0) is 11.8. The van der Waals surface area contributed by atoms with E-state index in [9.17, 15) is 4.39 Å². The summed E-state index contributed by atoms with van der Waals surface area (Å²) in [5, 5.41) is 0. The van der Waals surface area contributed by atoms with Crippen LogP contribution in [-0.4, -0.2) is 6.04 Å². The molecule has 1 saturated carbocycles. The number of alkyl halides is 1. The quantitative estimate of drug-likeness (QED) is 0.773. The molecule has 0 amide bonds. The number of halogens is 1. The molecule has 2 N–H and O–H groups in total. The molecule has 1 aromatic carbocycles. The molecule has 0 aliphatic heterocycles. The maximum absolute atomic E-state index is 14.9. The second-order valence-electron chi connectivity index (χ2n) is 5.14. The summed E-state index contributed by atoms with van der Waals surface area (Å²) < 4.78 is 14.9. The Labute approximate surface area is 96.9 Å². The van der Waals surface area contributed by atoms with Crippen LogP contribution in [0.15, 0.2) is 18.2 Å². The summed E-state index contributed by atoms with van der Waals surface area (Å²) in [5.41, 5.74) is 7.71. The highest BCUT2D eigenvalue weighted by Crippen LogP contribution is 2.41. The molecule has 88 valence electrons. The average Bonchev–Trinajstić information content (AvgIpc) is 2.21. The van der Waals surface area contributed by atoms with Crippen LogP contribution in [0.5, 0.6) is 0 Å². The minimum Gasteiger partial charge on any atom is -0.328 e. The van der Waals surface area contributed by atoms with Gasteiger partial charge in [0.1, 0.15) is 5.67 Å². The van der Waals surface area contributed by atoms with Gasteiger partial charge in [0.2, 0.25) is 0 Å². The molecule has 0 radical (unpaired) electrons. The molecule has 2 rings (SSSR count). The van der Waals surface area contributed by atoms with Gasteiger partial charge in [0.25, 0.3) is 0 Å². The Hall–Kier alpha value is -0.890. The second-order valence-corrected chi connectivity index (χ2v) is 5.14. The molecule has 2 unspecified atom stereocenters. The second kappa shape index (κ2) is 4.17. The minimum absolute atomic E-state index is 0.0127. The van der Waals surface area contributed by atoms with E-state index in [1.165, 1.54) is 0 Å². The normalized spacial score (nSPS) is 30.4. The fraction of sp³-hybridized carbons (Fsp3) is 0.571. The third-order valence-corrected chi connectivity index (χ3v) is 3.61. The van der Waals surface area contributed by atoms with Crippen molar-refractivity contribution in [3.63, 3.8) is 0 Å². The lowest BCUT2D eigenvalue weighted by Gasteiger charge is -2.34. The van der Waals surface area contributed by atoms with Gasteiger partial charge in [-0.05, 0) is 44.2 Å². The highest BCUT2D eigenvalue weighted by Gasteiger charge is 2.37. The lowest BCUT2D eigenvalue weighted by molar-refractivity contribution is 0.0940. The van der Waals surface area contributed by atoms with Gasteiger partial charge in [-0.2, -0.15) is 0 Å². The molecule has 1 aliphatic carbocycles. The molecule has 0 heterocycles. The number of hydrogen-bond donors (Lipinski definition) is 1. The van der Waals surface area contributed by atoms with Crippen LogP contribution >= 0.6 is 0 Å². The van der Waals surface area contributed by atoms with E-state index in [2.05, 4.69) is 0 Å². The molecule has 1 aliphatic rings. The first-order chi connectivity index (χ1) is 7.51. The SMILES string of the molecule is Cc1ccc(C)c(C2(F)CCCC(N)C2)c1. The van der Waals surface area contributed by atoms with Crippen LogP contribution in [0.2, 0.25) is 0 Å². The summed E-state index contributed by atoms with van der Waals surface area (Å²) in [6, 6.07) is 6.03. The van der Waals surface area contributed by atoms with Crippen LogP contribution in [0.25, 0.3) is 0 Å². The van der Waals surface area contributed by atoms with Gasteiger partial charge in [-0.1, -0.05) is 23.8 Å². The van der Waals surface area contributed by atoms with Gasteiger partial charge in [-0.25, -0.2) is 4.39 Å². The molecular weight excluding hydrogens is 201 g/mol. The largest absolute Gasteiger partial charge is 0.328 e. The van der Waals surface area contributed by atoms with Gasteiger partial charge in [0.15, 0.2) is 0 Å². The van der Waals surface area contributed by atoms with Crippen molar-refractivity contribution in [3.05, 3.63) is 34.9 Å². The first kappa shape index (κ1) is 11.6. The molecular formula is C14H20FN. The lowest BCUT2D eigenvalue weighted by Crippen LogP contribution is -2.36. The summed E-state index contributed by atoms with van der Waals surface area (Å²) in [6.07, 6.45) is 2.93. The van der Waals surface area contributed by atoms with Crippen LogP contribution in [-0.2, 0) is 5.67 Å². The topological polar surface area (TPSA) is 26.0 Å². The minimum atomic E-state index is -1.20. The highest BCUT2D eigenvalue weighted by molar-refractivity contribution is 5.35. The van der Waals surface area contributed by atoms with Gasteiger partial charge in [0, 0.05) is 12.5 Å². The van der Waals surface area contributed by atoms with Crippen molar-refractivity contribution in [2.75, 3.05) is 0 Å². The Morgan fingerprint density at radius 3 is 2.81 bits per heavy atom. The van der Waals surface area contributed by atoms with E-state index in [1.807, 2.05) is 32.0 Å². The summed E-state index contributed by atoms with van der Waals surface area (Å²) in [7, 11) is 0. The van der Waals surface area contributed by atoms with Crippen molar-refractivity contribution in [1.82, 2.24) is 0 Å². The number of hydrogen-bond acceptors (Lipinski definition) is 1. The molecule has 0 spiro atoms. The van der Waals surface area contributed by atoms with Crippen molar-refractivity contribution in [1.29, 1.82) is 0 Å². The summed E-state index contributed by atoms with van der Waals surface area (Å²) >= 11 is 0. The highest BCUT2D eigenvalue weighted by atomic mass is 19.1. The Kier molecular flexibility index (Phi) is 3.02. The lowest BCUT2D eigenvalue weighted by atomic mass is 9.77. The van der Waals surface area contributed by atoms with Crippen LogP contribution in [0.1, 0.15) is 42.4 Å². The summed E-state index contributed by atoms with van der Waals surface area (Å²) in [5.74, 6) is 0. The van der Waals surface area contributed by atoms with E-state index in [-0.39, 0.29) is 6.04 Å². The van der Waals surface area contributed by atoms with Gasteiger partial charge in [-0.3, -0.25) is 0 Å². The van der Waals surface area contributed by atoms with Gasteiger partial charge in [-0.15, -0.1) is 0 Å². The molecule has 0 aromatic heterocycles. The van der Waals surface area contributed by atoms with Crippen LogP contribution in [0, 0.1) is 13.8 Å². The van der Waals surface area contributed by atoms with Crippen molar-refractivity contribution in [2.45, 2.75) is 51.2 Å². The molecule has 2 atom stereocenters. The molecule has 1 fully saturated rings. The smallest absolute Gasteiger partial charge is 0.137 e. The standard InChI is InChI=1S/C14H20FN/c1-10-5-6-11(2)13(8-10)14(15)7-3-4-12(16)9-14/h5-6,8,12H,3-4,7,9,16H2,1-2H3. The van der Waals surface area contributed by atoms with Crippen LogP contribution in [0.4, 0.5) is 4.39 Å². The maximum atomic E-state index is 14.9. The maximum Gasteiger partial charge on any atom is 0.137 e. The Morgan fingerprint density at radius 1 is 1.38 bits per heavy atom. The molecule has 1 nitrogen and oxygen atoms in total. The average molecular weight is 221 g/mol. The van der Waals surface area contributed by atoms with Gasteiger partial charge < -0.3 is 5.73 Å². The fourth-order valence-electron chi connectivity index (χ4n) is 2.73. The van der Waals surface area contributed by atoms with E-state index in [0.717, 1.165) is 29.5 Å². The van der Waals surface area contributed by atoms with Crippen LogP contribution < -0.4 is 5.73 Å². The number of nitrogens with two attached hydrogens (primary N) is 1. The third-order valence-electron chi connectivity index (χ3n) is 3.61. The molecule has 16 heavy (non-hydrogen) atoms. The fourth-order valence-corrected chi connectivity index (χ4v) is 2.73. The molecule has 0 saturated heterocycles. The van der Waals surface area contributed by atoms with Crippen molar-refractivity contribution in [2.24, 2.45) is 5.73 Å². The van der Waals surface area contributed by atoms with E-state index in [0.29, 0.717) is 12.8 Å². The number of aryl methyl sites for hydroxylation is 2.